The Kier molecular flexibility index (Phi) is 4.92. The number of aliphatic carboxylic acids is 1. The number of piperidine rings is 1. The molecule has 24 heavy (non-hydrogen) atoms. The summed E-state index contributed by atoms with van der Waals surface area (Å²) >= 11 is 0. The van der Waals surface area contributed by atoms with E-state index in [0.29, 0.717) is 19.1 Å². The molecule has 0 bridgehead atoms. The first kappa shape index (κ1) is 17.4. The van der Waals surface area contributed by atoms with Crippen molar-refractivity contribution < 1.29 is 14.6 Å². The summed E-state index contributed by atoms with van der Waals surface area (Å²) in [6.45, 7) is 10.3. The number of ether oxygens (including phenoxy) is 1. The Morgan fingerprint density at radius 2 is 2.21 bits per heavy atom. The highest BCUT2D eigenvalue weighted by atomic mass is 16.5. The molecule has 0 radical (unpaired) electrons. The topological polar surface area (TPSA) is 62.7 Å². The number of nitrogens with zero attached hydrogens (tertiary/aromatic N) is 2. The van der Waals surface area contributed by atoms with Gasteiger partial charge in [0.15, 0.2) is 0 Å². The number of aromatic nitrogens is 1. The van der Waals surface area contributed by atoms with Crippen molar-refractivity contribution in [3.05, 3.63) is 29.1 Å². The predicted molar refractivity (Wildman–Crippen MR) is 91.6 cm³/mol. The molecule has 0 spiro atoms. The van der Waals surface area contributed by atoms with Crippen LogP contribution in [0.4, 0.5) is 0 Å². The van der Waals surface area contributed by atoms with E-state index in [2.05, 4.69) is 36.7 Å². The minimum atomic E-state index is -0.675. The van der Waals surface area contributed by atoms with Crippen LogP contribution in [-0.4, -0.2) is 40.7 Å². The number of hydrogen-bond donors (Lipinski definition) is 1. The SMILES string of the molecule is CC(C)(C)[C@@H]1C[C@H](C(=O)O)CN(Cc2cnc3c(c2)COCC3)C1. The largest absolute Gasteiger partial charge is 0.481 e. The molecule has 2 aliphatic rings. The summed E-state index contributed by atoms with van der Waals surface area (Å²) in [6, 6.07) is 2.18. The third-order valence-corrected chi connectivity index (χ3v) is 5.36. The van der Waals surface area contributed by atoms with Gasteiger partial charge >= 0.3 is 5.97 Å². The van der Waals surface area contributed by atoms with Gasteiger partial charge in [0.2, 0.25) is 0 Å². The third kappa shape index (κ3) is 3.95. The van der Waals surface area contributed by atoms with Gasteiger partial charge in [-0.25, -0.2) is 0 Å². The van der Waals surface area contributed by atoms with Crippen LogP contribution in [-0.2, 0) is 29.1 Å². The van der Waals surface area contributed by atoms with E-state index < -0.39 is 5.97 Å². The zero-order valence-corrected chi connectivity index (χ0v) is 14.9. The number of likely N-dealkylation sites (tertiary alicyclic amines) is 1. The number of rotatable bonds is 3. The molecule has 1 aromatic rings. The van der Waals surface area contributed by atoms with Crippen molar-refractivity contribution >= 4 is 5.97 Å². The molecule has 0 amide bonds. The van der Waals surface area contributed by atoms with Crippen LogP contribution < -0.4 is 0 Å². The zero-order valence-electron chi connectivity index (χ0n) is 14.9. The van der Waals surface area contributed by atoms with Crippen LogP contribution in [0, 0.1) is 17.3 Å². The number of hydrogen-bond acceptors (Lipinski definition) is 4. The van der Waals surface area contributed by atoms with Gasteiger partial charge in [0.1, 0.15) is 0 Å². The lowest BCUT2D eigenvalue weighted by atomic mass is 9.73. The minimum Gasteiger partial charge on any atom is -0.481 e. The molecule has 1 N–H and O–H groups in total. The Balaban J connectivity index is 1.74. The van der Waals surface area contributed by atoms with Gasteiger partial charge < -0.3 is 9.84 Å². The van der Waals surface area contributed by atoms with Gasteiger partial charge in [-0.15, -0.1) is 0 Å². The Morgan fingerprint density at radius 3 is 2.92 bits per heavy atom. The normalized spacial score (nSPS) is 25.3. The van der Waals surface area contributed by atoms with E-state index in [9.17, 15) is 9.90 Å². The number of carbonyl (C=O) groups is 1. The van der Waals surface area contributed by atoms with E-state index in [1.54, 1.807) is 0 Å². The molecule has 1 saturated heterocycles. The van der Waals surface area contributed by atoms with Crippen molar-refractivity contribution in [2.75, 3.05) is 19.7 Å². The van der Waals surface area contributed by atoms with Crippen LogP contribution in [0.1, 0.15) is 44.0 Å². The van der Waals surface area contributed by atoms with Crippen molar-refractivity contribution in [2.45, 2.75) is 46.8 Å². The quantitative estimate of drug-likeness (QED) is 0.922. The lowest BCUT2D eigenvalue weighted by Crippen LogP contribution is -2.46. The fourth-order valence-corrected chi connectivity index (χ4v) is 3.76. The van der Waals surface area contributed by atoms with E-state index in [-0.39, 0.29) is 11.3 Å². The van der Waals surface area contributed by atoms with E-state index in [4.69, 9.17) is 4.74 Å². The first-order valence-electron chi connectivity index (χ1n) is 8.82. The minimum absolute atomic E-state index is 0.119. The Labute approximate surface area is 144 Å². The second-order valence-corrected chi connectivity index (χ2v) is 8.28. The highest BCUT2D eigenvalue weighted by molar-refractivity contribution is 5.70. The molecule has 5 nitrogen and oxygen atoms in total. The van der Waals surface area contributed by atoms with Crippen LogP contribution in [0.15, 0.2) is 12.3 Å². The van der Waals surface area contributed by atoms with Gasteiger partial charge in [-0.3, -0.25) is 14.7 Å². The van der Waals surface area contributed by atoms with Crippen LogP contribution in [0.25, 0.3) is 0 Å². The zero-order chi connectivity index (χ0) is 17.3. The Bertz CT molecular complexity index is 609. The highest BCUT2D eigenvalue weighted by Gasteiger charge is 2.37. The average molecular weight is 332 g/mol. The Hall–Kier alpha value is -1.46. The van der Waals surface area contributed by atoms with E-state index in [1.165, 1.54) is 5.56 Å². The number of carboxylic acids is 1. The lowest BCUT2D eigenvalue weighted by molar-refractivity contribution is -0.145. The summed E-state index contributed by atoms with van der Waals surface area (Å²) < 4.78 is 5.52. The van der Waals surface area contributed by atoms with Crippen LogP contribution in [0.5, 0.6) is 0 Å². The lowest BCUT2D eigenvalue weighted by Gasteiger charge is -2.42. The van der Waals surface area contributed by atoms with E-state index in [1.807, 2.05) is 6.20 Å². The van der Waals surface area contributed by atoms with E-state index >= 15 is 0 Å². The maximum atomic E-state index is 11.6. The molecule has 0 aromatic carbocycles. The van der Waals surface area contributed by atoms with Gasteiger partial charge in [0.25, 0.3) is 0 Å². The molecule has 3 rings (SSSR count). The molecule has 3 heterocycles. The molecular formula is C19H28N2O3. The average Bonchev–Trinajstić information content (AvgIpc) is 2.53. The number of pyridine rings is 1. The summed E-state index contributed by atoms with van der Waals surface area (Å²) in [5, 5.41) is 9.51. The summed E-state index contributed by atoms with van der Waals surface area (Å²) in [5.41, 5.74) is 3.59. The van der Waals surface area contributed by atoms with E-state index in [0.717, 1.165) is 43.8 Å². The molecular weight excluding hydrogens is 304 g/mol. The van der Waals surface area contributed by atoms with Crippen molar-refractivity contribution in [2.24, 2.45) is 17.3 Å². The van der Waals surface area contributed by atoms with Gasteiger partial charge in [0, 0.05) is 37.9 Å². The van der Waals surface area contributed by atoms with Crippen molar-refractivity contribution in [3.8, 4) is 0 Å². The van der Waals surface area contributed by atoms with Crippen LogP contribution >= 0.6 is 0 Å². The molecule has 0 unspecified atom stereocenters. The standard InChI is InChI=1S/C19H28N2O3/c1-19(2,3)16-7-14(18(22)23)10-21(11-16)9-13-6-15-12-24-5-4-17(15)20-8-13/h6,8,14,16H,4-5,7,9-12H2,1-3H3,(H,22,23)/t14-,16+/m0/s1. The second kappa shape index (κ2) is 6.81. The molecule has 0 aliphatic carbocycles. The first-order valence-corrected chi connectivity index (χ1v) is 8.82. The van der Waals surface area contributed by atoms with Crippen molar-refractivity contribution in [1.82, 2.24) is 9.88 Å². The highest BCUT2D eigenvalue weighted by Crippen LogP contribution is 2.36. The summed E-state index contributed by atoms with van der Waals surface area (Å²) in [5.74, 6) is -0.566. The van der Waals surface area contributed by atoms with Crippen molar-refractivity contribution in [1.29, 1.82) is 0 Å². The molecule has 1 fully saturated rings. The predicted octanol–water partition coefficient (Wildman–Crippen LogP) is 2.72. The number of carboxylic acid groups (broad SMARTS) is 1. The fourth-order valence-electron chi connectivity index (χ4n) is 3.76. The maximum absolute atomic E-state index is 11.6. The molecule has 0 saturated carbocycles. The maximum Gasteiger partial charge on any atom is 0.307 e. The van der Waals surface area contributed by atoms with Gasteiger partial charge in [0.05, 0.1) is 19.1 Å². The molecule has 2 aliphatic heterocycles. The molecule has 5 heteroatoms. The molecule has 132 valence electrons. The number of fused-ring (bicyclic) bond motifs is 1. The summed E-state index contributed by atoms with van der Waals surface area (Å²) in [6.07, 6.45) is 3.60. The van der Waals surface area contributed by atoms with Crippen molar-refractivity contribution in [3.63, 3.8) is 0 Å². The monoisotopic (exact) mass is 332 g/mol. The summed E-state index contributed by atoms with van der Waals surface area (Å²) in [7, 11) is 0. The second-order valence-electron chi connectivity index (χ2n) is 8.28. The van der Waals surface area contributed by atoms with Gasteiger partial charge in [-0.05, 0) is 34.9 Å². The van der Waals surface area contributed by atoms with Gasteiger partial charge in [-0.1, -0.05) is 20.8 Å². The first-order chi connectivity index (χ1) is 11.3. The van der Waals surface area contributed by atoms with Gasteiger partial charge in [-0.2, -0.15) is 0 Å². The molecule has 2 atom stereocenters. The van der Waals surface area contributed by atoms with Crippen LogP contribution in [0.3, 0.4) is 0 Å². The third-order valence-electron chi connectivity index (χ3n) is 5.36. The Morgan fingerprint density at radius 1 is 1.42 bits per heavy atom. The fraction of sp³-hybridized carbons (Fsp3) is 0.684. The van der Waals surface area contributed by atoms with Crippen LogP contribution in [0.2, 0.25) is 0 Å². The smallest absolute Gasteiger partial charge is 0.307 e. The molecule has 1 aromatic heterocycles. The summed E-state index contributed by atoms with van der Waals surface area (Å²) in [4.78, 5) is 18.4.